The second kappa shape index (κ2) is 7.49. The molecule has 1 aromatic carbocycles. The minimum atomic E-state index is -0.266. The van der Waals surface area contributed by atoms with Gasteiger partial charge in [-0.15, -0.1) is 0 Å². The Bertz CT molecular complexity index is 725. The first kappa shape index (κ1) is 16.5. The highest BCUT2D eigenvalue weighted by Crippen LogP contribution is 2.31. The average Bonchev–Trinajstić information content (AvgIpc) is 3.09. The number of ether oxygens (including phenoxy) is 1. The van der Waals surface area contributed by atoms with Gasteiger partial charge in [-0.25, -0.2) is 9.97 Å². The number of hydrogen-bond donors (Lipinski definition) is 1. The summed E-state index contributed by atoms with van der Waals surface area (Å²) in [4.78, 5) is 22.1. The summed E-state index contributed by atoms with van der Waals surface area (Å²) in [6, 6.07) is 7.98. The van der Waals surface area contributed by atoms with Crippen LogP contribution in [0.5, 0.6) is 5.75 Å². The lowest BCUT2D eigenvalue weighted by Crippen LogP contribution is -2.31. The minimum Gasteiger partial charge on any atom is -0.495 e. The largest absolute Gasteiger partial charge is 0.495 e. The quantitative estimate of drug-likeness (QED) is 0.900. The number of anilines is 1. The Labute approximate surface area is 145 Å². The molecule has 1 saturated heterocycles. The standard InChI is InChI=1S/C17H19ClN4O2/c1-24-15-5-3-2-4-14(15)22-7-6-12(10-22)8-20-17(23)16-13(18)9-19-11-21-16/h2-5,9,11-12H,6-8,10H2,1H3,(H,20,23)/t12-/m0/s1. The maximum Gasteiger partial charge on any atom is 0.271 e. The predicted octanol–water partition coefficient (Wildman–Crippen LogP) is 2.39. The number of halogens is 1. The van der Waals surface area contributed by atoms with Crippen LogP contribution in [0.4, 0.5) is 5.69 Å². The van der Waals surface area contributed by atoms with Gasteiger partial charge in [0.15, 0.2) is 0 Å². The molecule has 126 valence electrons. The van der Waals surface area contributed by atoms with Gasteiger partial charge in [0.1, 0.15) is 17.8 Å². The molecule has 1 fully saturated rings. The van der Waals surface area contributed by atoms with Gasteiger partial charge >= 0.3 is 0 Å². The van der Waals surface area contributed by atoms with E-state index in [1.54, 1.807) is 7.11 Å². The van der Waals surface area contributed by atoms with Crippen molar-refractivity contribution in [2.45, 2.75) is 6.42 Å². The number of carbonyl (C=O) groups is 1. The maximum atomic E-state index is 12.2. The Hall–Kier alpha value is -2.34. The number of carbonyl (C=O) groups excluding carboxylic acids is 1. The number of benzene rings is 1. The highest BCUT2D eigenvalue weighted by atomic mass is 35.5. The number of hydrogen-bond acceptors (Lipinski definition) is 5. The number of methoxy groups -OCH3 is 1. The van der Waals surface area contributed by atoms with E-state index >= 15 is 0 Å². The van der Waals surface area contributed by atoms with Gasteiger partial charge in [0.05, 0.1) is 17.8 Å². The summed E-state index contributed by atoms with van der Waals surface area (Å²) in [6.07, 6.45) is 3.75. The molecule has 2 heterocycles. The molecule has 1 aromatic heterocycles. The van der Waals surface area contributed by atoms with E-state index in [-0.39, 0.29) is 16.6 Å². The Morgan fingerprint density at radius 2 is 2.29 bits per heavy atom. The number of aromatic nitrogens is 2. The average molecular weight is 347 g/mol. The third-order valence-corrected chi connectivity index (χ3v) is 4.42. The predicted molar refractivity (Wildman–Crippen MR) is 92.7 cm³/mol. The van der Waals surface area contributed by atoms with Crippen molar-refractivity contribution in [3.63, 3.8) is 0 Å². The van der Waals surface area contributed by atoms with Gasteiger partial charge in [0.25, 0.3) is 5.91 Å². The SMILES string of the molecule is COc1ccccc1N1CC[C@@H](CNC(=O)c2ncncc2Cl)C1. The molecule has 1 N–H and O–H groups in total. The van der Waals surface area contributed by atoms with Crippen molar-refractivity contribution in [2.75, 3.05) is 31.6 Å². The van der Waals surface area contributed by atoms with Crippen molar-refractivity contribution in [3.8, 4) is 5.75 Å². The summed E-state index contributed by atoms with van der Waals surface area (Å²) in [6.45, 7) is 2.40. The highest BCUT2D eigenvalue weighted by Gasteiger charge is 2.25. The van der Waals surface area contributed by atoms with Crippen molar-refractivity contribution >= 4 is 23.2 Å². The van der Waals surface area contributed by atoms with Crippen LogP contribution in [0.1, 0.15) is 16.9 Å². The van der Waals surface area contributed by atoms with E-state index in [2.05, 4.69) is 26.3 Å². The first-order valence-corrected chi connectivity index (χ1v) is 8.18. The molecule has 2 aromatic rings. The summed E-state index contributed by atoms with van der Waals surface area (Å²) in [5.41, 5.74) is 1.30. The van der Waals surface area contributed by atoms with E-state index < -0.39 is 0 Å². The molecule has 0 spiro atoms. The Morgan fingerprint density at radius 3 is 3.08 bits per heavy atom. The molecule has 0 unspecified atom stereocenters. The molecule has 6 nitrogen and oxygen atoms in total. The lowest BCUT2D eigenvalue weighted by atomic mass is 10.1. The van der Waals surface area contributed by atoms with Gasteiger partial charge in [-0.05, 0) is 24.5 Å². The van der Waals surface area contributed by atoms with Gasteiger partial charge in [-0.3, -0.25) is 4.79 Å². The molecule has 0 bridgehead atoms. The number of amides is 1. The monoisotopic (exact) mass is 346 g/mol. The number of nitrogens with zero attached hydrogens (tertiary/aromatic N) is 3. The molecule has 24 heavy (non-hydrogen) atoms. The second-order valence-corrected chi connectivity index (χ2v) is 6.11. The molecule has 1 aliphatic rings. The molecular weight excluding hydrogens is 328 g/mol. The maximum absolute atomic E-state index is 12.2. The number of rotatable bonds is 5. The second-order valence-electron chi connectivity index (χ2n) is 5.70. The molecule has 1 atom stereocenters. The third-order valence-electron chi connectivity index (χ3n) is 4.15. The van der Waals surface area contributed by atoms with E-state index in [0.29, 0.717) is 12.5 Å². The molecule has 7 heteroatoms. The van der Waals surface area contributed by atoms with E-state index in [1.807, 2.05) is 18.2 Å². The first-order valence-electron chi connectivity index (χ1n) is 7.80. The van der Waals surface area contributed by atoms with Crippen LogP contribution in [0, 0.1) is 5.92 Å². The zero-order valence-electron chi connectivity index (χ0n) is 13.4. The molecule has 0 aliphatic carbocycles. The van der Waals surface area contributed by atoms with E-state index in [0.717, 1.165) is 30.9 Å². The van der Waals surface area contributed by atoms with Gasteiger partial charge < -0.3 is 15.0 Å². The molecular formula is C17H19ClN4O2. The van der Waals surface area contributed by atoms with Crippen LogP contribution >= 0.6 is 11.6 Å². The van der Waals surface area contributed by atoms with Crippen LogP contribution in [0.25, 0.3) is 0 Å². The Balaban J connectivity index is 1.57. The lowest BCUT2D eigenvalue weighted by Gasteiger charge is -2.21. The van der Waals surface area contributed by atoms with Crippen LogP contribution in [0.3, 0.4) is 0 Å². The normalized spacial score (nSPS) is 16.9. The number of para-hydroxylation sites is 2. The summed E-state index contributed by atoms with van der Waals surface area (Å²) in [7, 11) is 1.68. The third kappa shape index (κ3) is 3.59. The van der Waals surface area contributed by atoms with E-state index in [9.17, 15) is 4.79 Å². The van der Waals surface area contributed by atoms with E-state index in [1.165, 1.54) is 12.5 Å². The summed E-state index contributed by atoms with van der Waals surface area (Å²) >= 11 is 5.94. The fraction of sp³-hybridized carbons (Fsp3) is 0.353. The Kier molecular flexibility index (Phi) is 5.15. The van der Waals surface area contributed by atoms with E-state index in [4.69, 9.17) is 16.3 Å². The minimum absolute atomic E-state index is 0.214. The zero-order chi connectivity index (χ0) is 16.9. The molecule has 3 rings (SSSR count). The summed E-state index contributed by atoms with van der Waals surface area (Å²) in [5.74, 6) is 0.979. The van der Waals surface area contributed by atoms with Crippen LogP contribution < -0.4 is 15.0 Å². The lowest BCUT2D eigenvalue weighted by molar-refractivity contribution is 0.0943. The van der Waals surface area contributed by atoms with Gasteiger partial charge in [-0.2, -0.15) is 0 Å². The Morgan fingerprint density at radius 1 is 1.46 bits per heavy atom. The van der Waals surface area contributed by atoms with Crippen molar-refractivity contribution in [3.05, 3.63) is 47.5 Å². The highest BCUT2D eigenvalue weighted by molar-refractivity contribution is 6.33. The van der Waals surface area contributed by atoms with Crippen LogP contribution in [0.2, 0.25) is 5.02 Å². The zero-order valence-corrected chi connectivity index (χ0v) is 14.2. The smallest absolute Gasteiger partial charge is 0.271 e. The molecule has 1 aliphatic heterocycles. The first-order chi connectivity index (χ1) is 11.7. The molecule has 1 amide bonds. The topological polar surface area (TPSA) is 67.3 Å². The fourth-order valence-corrected chi connectivity index (χ4v) is 3.10. The number of nitrogens with one attached hydrogen (secondary N) is 1. The van der Waals surface area contributed by atoms with Crippen molar-refractivity contribution in [2.24, 2.45) is 5.92 Å². The summed E-state index contributed by atoms with van der Waals surface area (Å²) in [5, 5.41) is 3.17. The molecule has 0 saturated carbocycles. The molecule has 0 radical (unpaired) electrons. The van der Waals surface area contributed by atoms with Crippen LogP contribution in [0.15, 0.2) is 36.8 Å². The van der Waals surface area contributed by atoms with Crippen molar-refractivity contribution in [1.29, 1.82) is 0 Å². The van der Waals surface area contributed by atoms with Crippen molar-refractivity contribution < 1.29 is 9.53 Å². The fourth-order valence-electron chi connectivity index (χ4n) is 2.91. The van der Waals surface area contributed by atoms with Gasteiger partial charge in [0, 0.05) is 25.8 Å². The summed E-state index contributed by atoms with van der Waals surface area (Å²) < 4.78 is 5.42. The van der Waals surface area contributed by atoms with Crippen molar-refractivity contribution in [1.82, 2.24) is 15.3 Å². The van der Waals surface area contributed by atoms with Gasteiger partial charge in [0.2, 0.25) is 0 Å². The van der Waals surface area contributed by atoms with Gasteiger partial charge in [-0.1, -0.05) is 23.7 Å². The van der Waals surface area contributed by atoms with Crippen LogP contribution in [-0.4, -0.2) is 42.6 Å². The van der Waals surface area contributed by atoms with Crippen LogP contribution in [-0.2, 0) is 0 Å².